The summed E-state index contributed by atoms with van der Waals surface area (Å²) >= 11 is 0. The second kappa shape index (κ2) is 17.9. The molecule has 5 rings (SSSR count). The van der Waals surface area contributed by atoms with Crippen molar-refractivity contribution in [2.45, 2.75) is 131 Å². The molecule has 54 heavy (non-hydrogen) atoms. The Morgan fingerprint density at radius 2 is 1.00 bits per heavy atom. The zero-order valence-electron chi connectivity index (χ0n) is 36.7. The first kappa shape index (κ1) is 49.1. The molecule has 0 aromatic rings. The van der Waals surface area contributed by atoms with Crippen LogP contribution >= 0.6 is 0 Å². The summed E-state index contributed by atoms with van der Waals surface area (Å²) in [6, 6.07) is 0. The Morgan fingerprint density at radius 3 is 1.37 bits per heavy atom. The lowest BCUT2D eigenvalue weighted by molar-refractivity contribution is -0.144. The van der Waals surface area contributed by atoms with E-state index in [4.69, 9.17) is 18.9 Å². The minimum atomic E-state index is -0.0880. The normalized spacial score (nSPS) is 30.9. The van der Waals surface area contributed by atoms with Gasteiger partial charge in [0.25, 0.3) is 0 Å². The highest BCUT2D eigenvalue weighted by Gasteiger charge is 2.74. The number of carbonyl (C=O) groups is 4. The molecule has 310 valence electrons. The van der Waals surface area contributed by atoms with Crippen molar-refractivity contribution in [3.05, 3.63) is 34.9 Å². The number of allylic oxidation sites excluding steroid dienone is 6. The van der Waals surface area contributed by atoms with E-state index < -0.39 is 0 Å². The van der Waals surface area contributed by atoms with E-state index in [1.807, 2.05) is 0 Å². The number of hydrogen-bond donors (Lipinski definition) is 0. The van der Waals surface area contributed by atoms with Gasteiger partial charge in [-0.3, -0.25) is 19.2 Å². The van der Waals surface area contributed by atoms with Crippen molar-refractivity contribution in [1.29, 1.82) is 0 Å². The Morgan fingerprint density at radius 1 is 0.593 bits per heavy atom. The Bertz CT molecular complexity index is 1400. The molecule has 0 aliphatic heterocycles. The Labute approximate surface area is 329 Å². The second-order valence-electron chi connectivity index (χ2n) is 19.3. The molecule has 8 nitrogen and oxygen atoms in total. The molecular weight excluding hydrogens is 680 g/mol. The van der Waals surface area contributed by atoms with E-state index in [0.29, 0.717) is 29.1 Å². The third-order valence-electron chi connectivity index (χ3n) is 13.1. The average molecular weight is 759 g/mol. The van der Waals surface area contributed by atoms with Crippen LogP contribution in [0.25, 0.3) is 0 Å². The first-order chi connectivity index (χ1) is 24.2. The monoisotopic (exact) mass is 759 g/mol. The average Bonchev–Trinajstić information content (AvgIpc) is 3.99. The van der Waals surface area contributed by atoms with Gasteiger partial charge in [-0.05, 0) is 106 Å². The molecule has 8 heteroatoms. The summed E-state index contributed by atoms with van der Waals surface area (Å²) in [5, 5.41) is 0. The molecule has 0 aromatic carbocycles. The molecule has 0 heterocycles. The molecule has 5 aliphatic rings. The van der Waals surface area contributed by atoms with E-state index in [-0.39, 0.29) is 76.6 Å². The number of carbonyl (C=O) groups excluding carboxylic acids is 4. The molecule has 0 radical (unpaired) electrons. The van der Waals surface area contributed by atoms with Crippen LogP contribution in [0.5, 0.6) is 0 Å². The van der Waals surface area contributed by atoms with Crippen LogP contribution < -0.4 is 0 Å². The SMILES string of the molecule is C.COC(=O)C1C(C)(C)C1(C)C=C(C)C.COC(=O)C1C(C=C(C)C)C1(C)C.COC(=O)C1C(C=C(C)C)C12CC2.COC(=O)C1C(CC(C)C)C1(C)C. The zero-order chi connectivity index (χ0) is 41.2. The van der Waals surface area contributed by atoms with Crippen LogP contribution in [-0.4, -0.2) is 52.3 Å². The first-order valence-corrected chi connectivity index (χ1v) is 19.5. The van der Waals surface area contributed by atoms with Gasteiger partial charge >= 0.3 is 23.9 Å². The van der Waals surface area contributed by atoms with E-state index in [1.54, 1.807) is 0 Å². The van der Waals surface area contributed by atoms with Gasteiger partial charge in [-0.2, -0.15) is 0 Å². The number of methoxy groups -OCH3 is 4. The smallest absolute Gasteiger partial charge is 0.310 e. The number of esters is 4. The van der Waals surface area contributed by atoms with Gasteiger partial charge in [0.2, 0.25) is 0 Å². The van der Waals surface area contributed by atoms with Crippen molar-refractivity contribution in [3.8, 4) is 0 Å². The van der Waals surface area contributed by atoms with E-state index in [2.05, 4.69) is 122 Å². The molecule has 5 fully saturated rings. The number of hydrogen-bond acceptors (Lipinski definition) is 8. The van der Waals surface area contributed by atoms with Gasteiger partial charge in [0.15, 0.2) is 0 Å². The van der Waals surface area contributed by atoms with Gasteiger partial charge in [-0.25, -0.2) is 0 Å². The highest BCUT2D eigenvalue weighted by molar-refractivity contribution is 5.80. The molecule has 5 aliphatic carbocycles. The van der Waals surface area contributed by atoms with Gasteiger partial charge in [0.1, 0.15) is 0 Å². The van der Waals surface area contributed by atoms with Crippen LogP contribution in [0.3, 0.4) is 0 Å². The van der Waals surface area contributed by atoms with Gasteiger partial charge in [-0.15, -0.1) is 0 Å². The fraction of sp³-hybridized carbons (Fsp3) is 0.783. The highest BCUT2D eigenvalue weighted by atomic mass is 16.5. The zero-order valence-corrected chi connectivity index (χ0v) is 36.7. The summed E-state index contributed by atoms with van der Waals surface area (Å²) in [6.07, 6.45) is 10.1. The molecular formula is C46H78O8. The molecule has 0 bridgehead atoms. The largest absolute Gasteiger partial charge is 0.469 e. The third kappa shape index (κ3) is 10.5. The number of rotatable bonds is 9. The van der Waals surface area contributed by atoms with E-state index in [1.165, 1.54) is 58.0 Å². The molecule has 0 aromatic heterocycles. The van der Waals surface area contributed by atoms with E-state index >= 15 is 0 Å². The minimum absolute atomic E-state index is 0. The molecule has 0 saturated heterocycles. The van der Waals surface area contributed by atoms with Gasteiger partial charge in [0, 0.05) is 5.41 Å². The topological polar surface area (TPSA) is 105 Å². The van der Waals surface area contributed by atoms with Crippen molar-refractivity contribution >= 4 is 23.9 Å². The first-order valence-electron chi connectivity index (χ1n) is 19.5. The maximum atomic E-state index is 11.5. The fourth-order valence-corrected chi connectivity index (χ4v) is 9.19. The van der Waals surface area contributed by atoms with Gasteiger partial charge in [0.05, 0.1) is 52.1 Å². The fourth-order valence-electron chi connectivity index (χ4n) is 9.19. The van der Waals surface area contributed by atoms with Crippen LogP contribution in [-0.2, 0) is 38.1 Å². The Kier molecular flexibility index (Phi) is 16.3. The van der Waals surface area contributed by atoms with Crippen LogP contribution in [0.4, 0.5) is 0 Å². The van der Waals surface area contributed by atoms with Crippen LogP contribution in [0.1, 0.15) is 131 Å². The van der Waals surface area contributed by atoms with Crippen molar-refractivity contribution in [3.63, 3.8) is 0 Å². The lowest BCUT2D eigenvalue weighted by Gasteiger charge is -2.08. The van der Waals surface area contributed by atoms with Crippen LogP contribution in [0.15, 0.2) is 34.9 Å². The lowest BCUT2D eigenvalue weighted by Crippen LogP contribution is -2.08. The predicted molar refractivity (Wildman–Crippen MR) is 218 cm³/mol. The van der Waals surface area contributed by atoms with E-state index in [9.17, 15) is 19.2 Å². The number of ether oxygens (including phenoxy) is 4. The molecule has 0 amide bonds. The summed E-state index contributed by atoms with van der Waals surface area (Å²) in [4.78, 5) is 45.6. The molecule has 1 spiro atoms. The van der Waals surface area contributed by atoms with Crippen molar-refractivity contribution < 1.29 is 38.1 Å². The predicted octanol–water partition coefficient (Wildman–Crippen LogP) is 10.5. The van der Waals surface area contributed by atoms with Crippen LogP contribution in [0.2, 0.25) is 0 Å². The maximum absolute atomic E-state index is 11.5. The maximum Gasteiger partial charge on any atom is 0.310 e. The molecule has 8 atom stereocenters. The van der Waals surface area contributed by atoms with Gasteiger partial charge in [-0.1, -0.05) is 105 Å². The summed E-state index contributed by atoms with van der Waals surface area (Å²) in [7, 11) is 5.87. The van der Waals surface area contributed by atoms with E-state index in [0.717, 1.165) is 6.42 Å². The molecule has 8 unspecified atom stereocenters. The Balaban J connectivity index is 0.000000358. The lowest BCUT2D eigenvalue weighted by atomic mass is 9.96. The highest BCUT2D eigenvalue weighted by Crippen LogP contribution is 2.76. The molecule has 0 N–H and O–H groups in total. The molecule has 5 saturated carbocycles. The quantitative estimate of drug-likeness (QED) is 0.130. The summed E-state index contributed by atoms with van der Waals surface area (Å²) in [5.74, 6) is 2.21. The summed E-state index contributed by atoms with van der Waals surface area (Å²) in [5.41, 5.74) is 4.42. The second-order valence-corrected chi connectivity index (χ2v) is 19.3. The van der Waals surface area contributed by atoms with Crippen molar-refractivity contribution in [2.75, 3.05) is 28.4 Å². The van der Waals surface area contributed by atoms with Gasteiger partial charge < -0.3 is 18.9 Å². The summed E-state index contributed by atoms with van der Waals surface area (Å²) < 4.78 is 19.1. The van der Waals surface area contributed by atoms with Crippen LogP contribution in [0, 0.1) is 74.4 Å². The minimum Gasteiger partial charge on any atom is -0.469 e. The summed E-state index contributed by atoms with van der Waals surface area (Å²) in [6.45, 7) is 31.7. The van der Waals surface area contributed by atoms with Crippen molar-refractivity contribution in [2.24, 2.45) is 74.4 Å². The van der Waals surface area contributed by atoms with Crippen molar-refractivity contribution in [1.82, 2.24) is 0 Å². The Hall–Kier alpha value is -2.90. The third-order valence-corrected chi connectivity index (χ3v) is 13.1. The standard InChI is InChI=1S/C12H20O2.C11H16O2.C11H20O2.C11H18O2.CH4/c1-8(2)7-12(5)9(10(13)14-6)11(12,3)4;1-7(2)6-8-9(10(12)13-3)11(8)4-5-11;2*1-7(2)6-8-9(10(12)13-5)11(8,3)4;/h7,9H,1-6H3;6,8-9H,4-5H2,1-3H3;7-9H,6H2,1-5H3;6,8-9H,1-5H3;1H4.